The van der Waals surface area contributed by atoms with E-state index in [2.05, 4.69) is 16.0 Å². The summed E-state index contributed by atoms with van der Waals surface area (Å²) < 4.78 is 5.29. The summed E-state index contributed by atoms with van der Waals surface area (Å²) in [6.45, 7) is 3.70. The van der Waals surface area contributed by atoms with Crippen LogP contribution in [0, 0.1) is 5.92 Å². The van der Waals surface area contributed by atoms with E-state index in [0.29, 0.717) is 6.42 Å². The average molecular weight is 485 g/mol. The normalized spacial score (nSPS) is 14.6. The van der Waals surface area contributed by atoms with Gasteiger partial charge in [-0.3, -0.25) is 34.1 Å². The van der Waals surface area contributed by atoms with Crippen molar-refractivity contribution < 1.29 is 38.7 Å². The van der Waals surface area contributed by atoms with Gasteiger partial charge in [0.25, 0.3) is 17.7 Å². The van der Waals surface area contributed by atoms with E-state index in [0.717, 1.165) is 4.90 Å². The summed E-state index contributed by atoms with van der Waals surface area (Å²) in [7, 11) is 0. The quantitative estimate of drug-likeness (QED) is 0.0654. The first kappa shape index (κ1) is 28.5. The van der Waals surface area contributed by atoms with Crippen LogP contribution in [0.25, 0.3) is 0 Å². The third-order valence-corrected chi connectivity index (χ3v) is 4.81. The van der Waals surface area contributed by atoms with E-state index in [4.69, 9.17) is 15.7 Å². The summed E-state index contributed by atoms with van der Waals surface area (Å²) in [6.07, 6.45) is 2.65. The second-order valence-corrected chi connectivity index (χ2v) is 7.78. The zero-order chi connectivity index (χ0) is 25.7. The van der Waals surface area contributed by atoms with Gasteiger partial charge in [-0.15, -0.1) is 0 Å². The van der Waals surface area contributed by atoms with E-state index in [1.54, 1.807) is 13.8 Å². The first-order valence-electron chi connectivity index (χ1n) is 10.7. The molecule has 0 saturated heterocycles. The Hall–Kier alpha value is -3.52. The number of urea groups is 1. The summed E-state index contributed by atoms with van der Waals surface area (Å²) in [5.41, 5.74) is 6.44. The van der Waals surface area contributed by atoms with Crippen LogP contribution in [0.15, 0.2) is 12.2 Å². The highest BCUT2D eigenvalue weighted by Gasteiger charge is 2.28. The Labute approximate surface area is 196 Å². The van der Waals surface area contributed by atoms with Crippen LogP contribution in [0.4, 0.5) is 4.79 Å². The number of hydroxylamine groups is 1. The lowest BCUT2D eigenvalue weighted by Gasteiger charge is -2.25. The maximum atomic E-state index is 12.7. The fourth-order valence-electron chi connectivity index (χ4n) is 2.98. The van der Waals surface area contributed by atoms with Crippen molar-refractivity contribution in [1.82, 2.24) is 26.3 Å². The van der Waals surface area contributed by atoms with Crippen LogP contribution in [0.1, 0.15) is 33.1 Å². The molecule has 0 fully saturated rings. The average Bonchev–Trinajstić information content (AvgIpc) is 3.10. The van der Waals surface area contributed by atoms with Crippen LogP contribution in [-0.4, -0.2) is 84.1 Å². The number of nitrogens with two attached hydrogens (primary N) is 1. The number of nitrogens with zero attached hydrogens (tertiary/aromatic N) is 1. The van der Waals surface area contributed by atoms with Gasteiger partial charge in [-0.2, -0.15) is 0 Å². The van der Waals surface area contributed by atoms with Crippen LogP contribution in [0.2, 0.25) is 0 Å². The standard InChI is InChI=1S/C20H32N6O8/c1-12(2)17(19(31)23-13(18(30)25-33)4-3-8-22-20(21)32)24-14(27)7-10-34-11-9-26-15(28)5-6-16(26)29/h5-6,12-13,17,33H,3-4,7-11H2,1-2H3,(H,23,31)(H,24,27)(H,25,30)(H3,21,22,32)/t13-,17-/m0/s1. The fraction of sp³-hybridized carbons (Fsp3) is 0.600. The Kier molecular flexibility index (Phi) is 12.2. The van der Waals surface area contributed by atoms with Gasteiger partial charge in [0.15, 0.2) is 0 Å². The Bertz CT molecular complexity index is 782. The smallest absolute Gasteiger partial charge is 0.312 e. The van der Waals surface area contributed by atoms with Crippen LogP contribution in [-0.2, 0) is 28.7 Å². The van der Waals surface area contributed by atoms with E-state index in [1.165, 1.54) is 17.6 Å². The third-order valence-electron chi connectivity index (χ3n) is 4.81. The molecular weight excluding hydrogens is 452 g/mol. The second-order valence-electron chi connectivity index (χ2n) is 7.78. The lowest BCUT2D eigenvalue weighted by Crippen LogP contribution is -2.55. The van der Waals surface area contributed by atoms with E-state index in [1.807, 2.05) is 0 Å². The summed E-state index contributed by atoms with van der Waals surface area (Å²) in [6, 6.07) is -2.79. The molecule has 0 aromatic rings. The van der Waals surface area contributed by atoms with Crippen molar-refractivity contribution in [2.75, 3.05) is 26.3 Å². The molecular formula is C20H32N6O8. The van der Waals surface area contributed by atoms with Crippen molar-refractivity contribution in [3.63, 3.8) is 0 Å². The highest BCUT2D eigenvalue weighted by molar-refractivity contribution is 6.12. The van der Waals surface area contributed by atoms with Crippen molar-refractivity contribution >= 4 is 35.6 Å². The third kappa shape index (κ3) is 9.95. The van der Waals surface area contributed by atoms with Gasteiger partial charge in [-0.1, -0.05) is 13.8 Å². The van der Waals surface area contributed by atoms with Crippen molar-refractivity contribution in [2.45, 2.75) is 45.2 Å². The molecule has 0 aliphatic carbocycles. The highest BCUT2D eigenvalue weighted by atomic mass is 16.5. The zero-order valence-electron chi connectivity index (χ0n) is 19.2. The fourth-order valence-corrected chi connectivity index (χ4v) is 2.98. The van der Waals surface area contributed by atoms with Gasteiger partial charge >= 0.3 is 6.03 Å². The number of imide groups is 1. The van der Waals surface area contributed by atoms with Gasteiger partial charge in [-0.25, -0.2) is 10.3 Å². The van der Waals surface area contributed by atoms with Gasteiger partial charge in [0.2, 0.25) is 11.8 Å². The molecule has 0 saturated carbocycles. The molecule has 0 spiro atoms. The van der Waals surface area contributed by atoms with Gasteiger partial charge in [0, 0.05) is 25.1 Å². The molecule has 1 aliphatic heterocycles. The number of rotatable bonds is 15. The van der Waals surface area contributed by atoms with Gasteiger partial charge < -0.3 is 26.4 Å². The largest absolute Gasteiger partial charge is 0.379 e. The summed E-state index contributed by atoms with van der Waals surface area (Å²) in [5, 5.41) is 16.3. The molecule has 1 rings (SSSR count). The van der Waals surface area contributed by atoms with Crippen molar-refractivity contribution in [3.8, 4) is 0 Å². The molecule has 0 aromatic heterocycles. The Morgan fingerprint density at radius 2 is 1.71 bits per heavy atom. The summed E-state index contributed by atoms with van der Waals surface area (Å²) in [5.74, 6) is -3.11. The number of carbonyl (C=O) groups is 6. The molecule has 190 valence electrons. The minimum atomic E-state index is -1.10. The van der Waals surface area contributed by atoms with Crippen LogP contribution < -0.4 is 27.2 Å². The predicted octanol–water partition coefficient (Wildman–Crippen LogP) is -2.10. The molecule has 7 N–H and O–H groups in total. The molecule has 14 nitrogen and oxygen atoms in total. The topological polar surface area (TPSA) is 209 Å². The molecule has 2 atom stereocenters. The summed E-state index contributed by atoms with van der Waals surface area (Å²) in [4.78, 5) is 71.5. The summed E-state index contributed by atoms with van der Waals surface area (Å²) >= 11 is 0. The minimum Gasteiger partial charge on any atom is -0.379 e. The molecule has 0 unspecified atom stereocenters. The molecule has 34 heavy (non-hydrogen) atoms. The number of amides is 7. The van der Waals surface area contributed by atoms with E-state index in [-0.39, 0.29) is 45.1 Å². The SMILES string of the molecule is CC(C)[C@H](NC(=O)CCOCCN1C(=O)C=CC1=O)C(=O)N[C@@H](CCCNC(N)=O)C(=O)NO. The van der Waals surface area contributed by atoms with Crippen molar-refractivity contribution in [2.24, 2.45) is 11.7 Å². The maximum Gasteiger partial charge on any atom is 0.312 e. The molecule has 0 radical (unpaired) electrons. The number of hydrogen-bond acceptors (Lipinski definition) is 8. The Morgan fingerprint density at radius 3 is 2.26 bits per heavy atom. The predicted molar refractivity (Wildman–Crippen MR) is 117 cm³/mol. The van der Waals surface area contributed by atoms with Gasteiger partial charge in [0.05, 0.1) is 19.8 Å². The van der Waals surface area contributed by atoms with Gasteiger partial charge in [0.1, 0.15) is 12.1 Å². The zero-order valence-corrected chi connectivity index (χ0v) is 19.2. The Morgan fingerprint density at radius 1 is 1.06 bits per heavy atom. The van der Waals surface area contributed by atoms with Gasteiger partial charge in [-0.05, 0) is 18.8 Å². The Balaban J connectivity index is 2.48. The molecule has 1 heterocycles. The van der Waals surface area contributed by atoms with E-state index >= 15 is 0 Å². The molecule has 7 amide bonds. The second kappa shape index (κ2) is 14.6. The lowest BCUT2D eigenvalue weighted by atomic mass is 10.0. The molecule has 14 heteroatoms. The number of hydrogen-bond donors (Lipinski definition) is 6. The maximum absolute atomic E-state index is 12.7. The first-order valence-corrected chi connectivity index (χ1v) is 10.7. The van der Waals surface area contributed by atoms with Crippen molar-refractivity contribution in [3.05, 3.63) is 12.2 Å². The molecule has 0 aromatic carbocycles. The molecule has 1 aliphatic rings. The number of primary amides is 1. The number of nitrogens with one attached hydrogen (secondary N) is 4. The minimum absolute atomic E-state index is 0.00429. The van der Waals surface area contributed by atoms with E-state index in [9.17, 15) is 28.8 Å². The lowest BCUT2D eigenvalue weighted by molar-refractivity contribution is -0.138. The van der Waals surface area contributed by atoms with Crippen LogP contribution >= 0.6 is 0 Å². The van der Waals surface area contributed by atoms with Crippen LogP contribution in [0.5, 0.6) is 0 Å². The van der Waals surface area contributed by atoms with Crippen molar-refractivity contribution in [1.29, 1.82) is 0 Å². The van der Waals surface area contributed by atoms with E-state index < -0.39 is 47.7 Å². The molecule has 0 bridgehead atoms. The number of ether oxygens (including phenoxy) is 1. The highest BCUT2D eigenvalue weighted by Crippen LogP contribution is 2.06. The number of carbonyl (C=O) groups excluding carboxylic acids is 6. The van der Waals surface area contributed by atoms with Crippen LogP contribution in [0.3, 0.4) is 0 Å². The monoisotopic (exact) mass is 484 g/mol. The first-order chi connectivity index (χ1) is 16.1.